The first-order valence-corrected chi connectivity index (χ1v) is 5.25. The second kappa shape index (κ2) is 5.17. The number of aldehydes is 1. The Morgan fingerprint density at radius 3 is 2.73 bits per heavy atom. The highest BCUT2D eigenvalue weighted by Gasteiger charge is 2.13. The largest absolute Gasteiger partial charge is 0.496 e. The maximum Gasteiger partial charge on any atom is 0.122 e. The first-order valence-electron chi connectivity index (χ1n) is 4.87. The van der Waals surface area contributed by atoms with Crippen LogP contribution in [0.3, 0.4) is 0 Å². The van der Waals surface area contributed by atoms with E-state index in [1.54, 1.807) is 7.11 Å². The van der Waals surface area contributed by atoms with Crippen LogP contribution < -0.4 is 4.74 Å². The minimum atomic E-state index is 0.135. The van der Waals surface area contributed by atoms with E-state index in [4.69, 9.17) is 16.3 Å². The van der Waals surface area contributed by atoms with Gasteiger partial charge in [-0.1, -0.05) is 18.5 Å². The van der Waals surface area contributed by atoms with Gasteiger partial charge in [0.1, 0.15) is 12.0 Å². The van der Waals surface area contributed by atoms with Crippen LogP contribution in [0.1, 0.15) is 30.4 Å². The van der Waals surface area contributed by atoms with E-state index in [-0.39, 0.29) is 5.92 Å². The van der Waals surface area contributed by atoms with Gasteiger partial charge in [0, 0.05) is 11.4 Å². The maximum atomic E-state index is 10.5. The molecule has 1 atom stereocenters. The molecule has 0 aliphatic carbocycles. The van der Waals surface area contributed by atoms with Gasteiger partial charge in [0.05, 0.1) is 7.11 Å². The maximum absolute atomic E-state index is 10.5. The third kappa shape index (κ3) is 2.72. The second-order valence-corrected chi connectivity index (χ2v) is 4.05. The molecule has 82 valence electrons. The minimum Gasteiger partial charge on any atom is -0.496 e. The van der Waals surface area contributed by atoms with Gasteiger partial charge in [-0.25, -0.2) is 0 Å². The SMILES string of the molecule is COc1cc(C)c(Cl)cc1C(C)CC=O. The number of ether oxygens (including phenoxy) is 1. The predicted molar refractivity (Wildman–Crippen MR) is 61.8 cm³/mol. The summed E-state index contributed by atoms with van der Waals surface area (Å²) in [6.45, 7) is 3.91. The lowest BCUT2D eigenvalue weighted by molar-refractivity contribution is -0.108. The molecule has 0 saturated carbocycles. The van der Waals surface area contributed by atoms with E-state index in [9.17, 15) is 4.79 Å². The monoisotopic (exact) mass is 226 g/mol. The molecule has 0 radical (unpaired) electrons. The number of benzene rings is 1. The fraction of sp³-hybridized carbons (Fsp3) is 0.417. The molecule has 0 spiro atoms. The number of hydrogen-bond donors (Lipinski definition) is 0. The van der Waals surface area contributed by atoms with Gasteiger partial charge in [-0.05, 0) is 36.1 Å². The van der Waals surface area contributed by atoms with Crippen molar-refractivity contribution in [1.82, 2.24) is 0 Å². The molecule has 2 nitrogen and oxygen atoms in total. The normalized spacial score (nSPS) is 12.3. The van der Waals surface area contributed by atoms with Crippen LogP contribution in [0.5, 0.6) is 5.75 Å². The number of methoxy groups -OCH3 is 1. The van der Waals surface area contributed by atoms with E-state index in [2.05, 4.69) is 0 Å². The molecular weight excluding hydrogens is 212 g/mol. The first kappa shape index (κ1) is 12.1. The molecule has 1 aromatic carbocycles. The molecule has 0 aliphatic heterocycles. The van der Waals surface area contributed by atoms with Gasteiger partial charge < -0.3 is 9.53 Å². The van der Waals surface area contributed by atoms with Crippen molar-refractivity contribution in [1.29, 1.82) is 0 Å². The van der Waals surface area contributed by atoms with Crippen LogP contribution in [-0.4, -0.2) is 13.4 Å². The van der Waals surface area contributed by atoms with Crippen molar-refractivity contribution >= 4 is 17.9 Å². The Morgan fingerprint density at radius 2 is 2.20 bits per heavy atom. The number of hydrogen-bond acceptors (Lipinski definition) is 2. The van der Waals surface area contributed by atoms with Crippen LogP contribution in [-0.2, 0) is 4.79 Å². The lowest BCUT2D eigenvalue weighted by Crippen LogP contribution is -1.99. The summed E-state index contributed by atoms with van der Waals surface area (Å²) in [6, 6.07) is 3.78. The van der Waals surface area contributed by atoms with Gasteiger partial charge in [0.2, 0.25) is 0 Å². The average molecular weight is 227 g/mol. The van der Waals surface area contributed by atoms with E-state index in [1.165, 1.54) is 0 Å². The van der Waals surface area contributed by atoms with Gasteiger partial charge in [-0.3, -0.25) is 0 Å². The van der Waals surface area contributed by atoms with Crippen LogP contribution in [0.2, 0.25) is 5.02 Å². The average Bonchev–Trinajstić information content (AvgIpc) is 2.21. The highest BCUT2D eigenvalue weighted by molar-refractivity contribution is 6.31. The predicted octanol–water partition coefficient (Wildman–Crippen LogP) is 3.35. The topological polar surface area (TPSA) is 26.3 Å². The van der Waals surface area contributed by atoms with Crippen LogP contribution in [0, 0.1) is 6.92 Å². The molecule has 3 heteroatoms. The van der Waals surface area contributed by atoms with E-state index in [1.807, 2.05) is 26.0 Å². The van der Waals surface area contributed by atoms with Gasteiger partial charge in [-0.15, -0.1) is 0 Å². The van der Waals surface area contributed by atoms with Gasteiger partial charge in [-0.2, -0.15) is 0 Å². The fourth-order valence-electron chi connectivity index (χ4n) is 1.50. The number of carbonyl (C=O) groups excluding carboxylic acids is 1. The summed E-state index contributed by atoms with van der Waals surface area (Å²) in [4.78, 5) is 10.5. The molecule has 0 amide bonds. The highest BCUT2D eigenvalue weighted by atomic mass is 35.5. The Kier molecular flexibility index (Phi) is 4.15. The Hall–Kier alpha value is -1.02. The van der Waals surface area contributed by atoms with E-state index >= 15 is 0 Å². The Bertz CT molecular complexity index is 361. The van der Waals surface area contributed by atoms with Crippen molar-refractivity contribution in [3.8, 4) is 5.75 Å². The zero-order chi connectivity index (χ0) is 11.4. The number of aryl methyl sites for hydroxylation is 1. The molecule has 1 unspecified atom stereocenters. The molecule has 0 fully saturated rings. The lowest BCUT2D eigenvalue weighted by Gasteiger charge is -2.15. The summed E-state index contributed by atoms with van der Waals surface area (Å²) < 4.78 is 5.27. The first-order chi connectivity index (χ1) is 7.10. The third-order valence-corrected chi connectivity index (χ3v) is 2.90. The zero-order valence-electron chi connectivity index (χ0n) is 9.21. The molecule has 0 N–H and O–H groups in total. The van der Waals surface area contributed by atoms with Gasteiger partial charge in [0.15, 0.2) is 0 Å². The van der Waals surface area contributed by atoms with Crippen molar-refractivity contribution in [3.05, 3.63) is 28.3 Å². The van der Waals surface area contributed by atoms with Gasteiger partial charge in [0.25, 0.3) is 0 Å². The van der Waals surface area contributed by atoms with Crippen molar-refractivity contribution in [2.24, 2.45) is 0 Å². The van der Waals surface area contributed by atoms with E-state index in [0.717, 1.165) is 23.2 Å². The summed E-state index contributed by atoms with van der Waals surface area (Å²) in [5.41, 5.74) is 1.97. The van der Waals surface area contributed by atoms with Crippen LogP contribution in [0.15, 0.2) is 12.1 Å². The fourth-order valence-corrected chi connectivity index (χ4v) is 1.68. The quantitative estimate of drug-likeness (QED) is 0.736. The molecular formula is C12H15ClO2. The summed E-state index contributed by atoms with van der Waals surface area (Å²) in [5, 5.41) is 0.712. The van der Waals surface area contributed by atoms with Crippen LogP contribution in [0.4, 0.5) is 0 Å². The molecule has 0 bridgehead atoms. The Balaban J connectivity index is 3.14. The third-order valence-electron chi connectivity index (χ3n) is 2.49. The van der Waals surface area contributed by atoms with Crippen LogP contribution in [0.25, 0.3) is 0 Å². The molecule has 1 aromatic rings. The second-order valence-electron chi connectivity index (χ2n) is 3.65. The molecule has 0 aliphatic rings. The summed E-state index contributed by atoms with van der Waals surface area (Å²) in [5.74, 6) is 0.932. The summed E-state index contributed by atoms with van der Waals surface area (Å²) >= 11 is 6.04. The Labute approximate surface area is 95.2 Å². The number of halogens is 1. The summed E-state index contributed by atoms with van der Waals surface area (Å²) in [6.07, 6.45) is 1.40. The van der Waals surface area contributed by atoms with Crippen molar-refractivity contribution in [2.45, 2.75) is 26.2 Å². The lowest BCUT2D eigenvalue weighted by atomic mass is 9.96. The smallest absolute Gasteiger partial charge is 0.122 e. The standard InChI is InChI=1S/C12H15ClO2/c1-8(4-5-14)10-7-11(13)9(2)6-12(10)15-3/h5-8H,4H2,1-3H3. The zero-order valence-corrected chi connectivity index (χ0v) is 9.97. The van der Waals surface area contributed by atoms with E-state index in [0.29, 0.717) is 11.4 Å². The molecule has 1 rings (SSSR count). The number of rotatable bonds is 4. The molecule has 0 saturated heterocycles. The van der Waals surface area contributed by atoms with Gasteiger partial charge >= 0.3 is 0 Å². The van der Waals surface area contributed by atoms with Crippen molar-refractivity contribution in [3.63, 3.8) is 0 Å². The van der Waals surface area contributed by atoms with Crippen molar-refractivity contribution in [2.75, 3.05) is 7.11 Å². The Morgan fingerprint density at radius 1 is 1.53 bits per heavy atom. The highest BCUT2D eigenvalue weighted by Crippen LogP contribution is 2.32. The molecule has 15 heavy (non-hydrogen) atoms. The van der Waals surface area contributed by atoms with Crippen LogP contribution >= 0.6 is 11.6 Å². The molecule has 0 aromatic heterocycles. The van der Waals surface area contributed by atoms with E-state index < -0.39 is 0 Å². The molecule has 0 heterocycles. The summed E-state index contributed by atoms with van der Waals surface area (Å²) in [7, 11) is 1.62. The van der Waals surface area contributed by atoms with Crippen molar-refractivity contribution < 1.29 is 9.53 Å². The minimum absolute atomic E-state index is 0.135. The number of carbonyl (C=O) groups is 1.